The first-order chi connectivity index (χ1) is 7.90. The summed E-state index contributed by atoms with van der Waals surface area (Å²) in [5.74, 6) is 0.547. The van der Waals surface area contributed by atoms with Gasteiger partial charge in [0.25, 0.3) is 0 Å². The second-order valence-corrected chi connectivity index (χ2v) is 3.79. The van der Waals surface area contributed by atoms with Crippen LogP contribution in [0.15, 0.2) is 12.4 Å². The monoisotopic (exact) mass is 223 g/mol. The molecule has 1 aliphatic heterocycles. The number of methoxy groups -OCH3 is 1. The van der Waals surface area contributed by atoms with E-state index in [9.17, 15) is 0 Å². The van der Waals surface area contributed by atoms with Crippen LogP contribution >= 0.6 is 0 Å². The molecule has 0 unspecified atom stereocenters. The molecular weight excluding hydrogens is 206 g/mol. The summed E-state index contributed by atoms with van der Waals surface area (Å²) in [4.78, 5) is 8.28. The van der Waals surface area contributed by atoms with Gasteiger partial charge >= 0.3 is 0 Å². The smallest absolute Gasteiger partial charge is 0.237 e. The second kappa shape index (κ2) is 5.77. The van der Waals surface area contributed by atoms with E-state index in [0.29, 0.717) is 12.5 Å². The maximum absolute atomic E-state index is 5.77. The third-order valence-corrected chi connectivity index (χ3v) is 2.64. The number of aromatic nitrogens is 2. The van der Waals surface area contributed by atoms with E-state index in [1.165, 1.54) is 6.42 Å². The van der Waals surface area contributed by atoms with Gasteiger partial charge in [-0.1, -0.05) is 0 Å². The minimum absolute atomic E-state index is 0.278. The molecule has 1 atom stereocenters. The molecule has 1 aromatic heterocycles. The molecule has 5 heteroatoms. The van der Waals surface area contributed by atoms with Crippen LogP contribution in [0.1, 0.15) is 18.5 Å². The van der Waals surface area contributed by atoms with Crippen molar-refractivity contribution in [3.63, 3.8) is 0 Å². The van der Waals surface area contributed by atoms with Crippen LogP contribution in [0, 0.1) is 0 Å². The van der Waals surface area contributed by atoms with E-state index in [0.717, 1.165) is 25.2 Å². The summed E-state index contributed by atoms with van der Waals surface area (Å²) in [5.41, 5.74) is 0.760. The number of hydrogen-bond acceptors (Lipinski definition) is 5. The van der Waals surface area contributed by atoms with Crippen LogP contribution < -0.4 is 10.1 Å². The van der Waals surface area contributed by atoms with Crippen molar-refractivity contribution in [1.29, 1.82) is 0 Å². The molecule has 1 fully saturated rings. The highest BCUT2D eigenvalue weighted by Gasteiger charge is 2.14. The molecule has 1 aromatic rings. The Morgan fingerprint density at radius 2 is 2.31 bits per heavy atom. The molecule has 0 aromatic carbocycles. The first-order valence-corrected chi connectivity index (χ1v) is 5.56. The zero-order valence-electron chi connectivity index (χ0n) is 9.48. The quantitative estimate of drug-likeness (QED) is 0.816. The summed E-state index contributed by atoms with van der Waals surface area (Å²) in [6, 6.07) is 0. The van der Waals surface area contributed by atoms with Crippen molar-refractivity contribution in [1.82, 2.24) is 15.3 Å². The van der Waals surface area contributed by atoms with Crippen molar-refractivity contribution >= 4 is 0 Å². The SMILES string of the molecule is COc1nccnc1CO[C@@H]1CCCNC1. The van der Waals surface area contributed by atoms with Crippen LogP contribution in [-0.2, 0) is 11.3 Å². The second-order valence-electron chi connectivity index (χ2n) is 3.79. The van der Waals surface area contributed by atoms with Crippen molar-refractivity contribution < 1.29 is 9.47 Å². The molecule has 0 amide bonds. The van der Waals surface area contributed by atoms with Gasteiger partial charge in [-0.2, -0.15) is 0 Å². The Balaban J connectivity index is 1.88. The molecule has 0 spiro atoms. The lowest BCUT2D eigenvalue weighted by Gasteiger charge is -2.22. The normalized spacial score (nSPS) is 20.7. The number of ether oxygens (including phenoxy) is 2. The Hall–Kier alpha value is -1.20. The van der Waals surface area contributed by atoms with Crippen molar-refractivity contribution in [3.05, 3.63) is 18.1 Å². The lowest BCUT2D eigenvalue weighted by molar-refractivity contribution is 0.0224. The van der Waals surface area contributed by atoms with Gasteiger partial charge in [-0.3, -0.25) is 4.98 Å². The van der Waals surface area contributed by atoms with Gasteiger partial charge in [-0.05, 0) is 19.4 Å². The molecule has 16 heavy (non-hydrogen) atoms. The summed E-state index contributed by atoms with van der Waals surface area (Å²) in [6.45, 7) is 2.47. The molecular formula is C11H17N3O2. The van der Waals surface area contributed by atoms with E-state index in [-0.39, 0.29) is 6.10 Å². The zero-order valence-corrected chi connectivity index (χ0v) is 9.48. The topological polar surface area (TPSA) is 56.3 Å². The van der Waals surface area contributed by atoms with Gasteiger partial charge in [0, 0.05) is 18.9 Å². The Morgan fingerprint density at radius 1 is 1.44 bits per heavy atom. The third-order valence-electron chi connectivity index (χ3n) is 2.64. The average Bonchev–Trinajstić information content (AvgIpc) is 2.38. The van der Waals surface area contributed by atoms with Crippen LogP contribution in [0.5, 0.6) is 5.88 Å². The van der Waals surface area contributed by atoms with Crippen LogP contribution in [0.3, 0.4) is 0 Å². The highest BCUT2D eigenvalue weighted by Crippen LogP contribution is 2.14. The summed E-state index contributed by atoms with van der Waals surface area (Å²) in [6.07, 6.45) is 5.82. The lowest BCUT2D eigenvalue weighted by Crippen LogP contribution is -2.35. The number of nitrogens with zero attached hydrogens (tertiary/aromatic N) is 2. The van der Waals surface area contributed by atoms with Crippen LogP contribution in [0.4, 0.5) is 0 Å². The van der Waals surface area contributed by atoms with E-state index in [1.807, 2.05) is 0 Å². The lowest BCUT2D eigenvalue weighted by atomic mass is 10.1. The van der Waals surface area contributed by atoms with Crippen LogP contribution in [0.2, 0.25) is 0 Å². The summed E-state index contributed by atoms with van der Waals surface area (Å²) >= 11 is 0. The molecule has 2 rings (SSSR count). The molecule has 5 nitrogen and oxygen atoms in total. The molecule has 88 valence electrons. The van der Waals surface area contributed by atoms with Gasteiger partial charge in [0.05, 0.1) is 19.8 Å². The largest absolute Gasteiger partial charge is 0.480 e. The van der Waals surface area contributed by atoms with Gasteiger partial charge in [-0.15, -0.1) is 0 Å². The fourth-order valence-electron chi connectivity index (χ4n) is 1.78. The maximum Gasteiger partial charge on any atom is 0.237 e. The predicted octanol–water partition coefficient (Wildman–Crippen LogP) is 0.754. The van der Waals surface area contributed by atoms with Crippen LogP contribution in [0.25, 0.3) is 0 Å². The maximum atomic E-state index is 5.77. The first kappa shape index (κ1) is 11.3. The minimum atomic E-state index is 0.278. The highest BCUT2D eigenvalue weighted by atomic mass is 16.5. The molecule has 0 bridgehead atoms. The van der Waals surface area contributed by atoms with Crippen molar-refractivity contribution in [2.24, 2.45) is 0 Å². The van der Waals surface area contributed by atoms with E-state index in [4.69, 9.17) is 9.47 Å². The summed E-state index contributed by atoms with van der Waals surface area (Å²) in [5, 5.41) is 3.31. The number of hydrogen-bond donors (Lipinski definition) is 1. The van der Waals surface area contributed by atoms with Gasteiger partial charge in [0.15, 0.2) is 0 Å². The van der Waals surface area contributed by atoms with E-state index in [2.05, 4.69) is 15.3 Å². The Morgan fingerprint density at radius 3 is 3.06 bits per heavy atom. The average molecular weight is 223 g/mol. The van der Waals surface area contributed by atoms with Gasteiger partial charge < -0.3 is 14.8 Å². The number of rotatable bonds is 4. The molecule has 0 aliphatic carbocycles. The molecule has 0 radical (unpaired) electrons. The highest BCUT2D eigenvalue weighted by molar-refractivity contribution is 5.15. The molecule has 1 saturated heterocycles. The standard InChI is InChI=1S/C11H17N3O2/c1-15-11-10(13-5-6-14-11)8-16-9-3-2-4-12-7-9/h5-6,9,12H,2-4,7-8H2,1H3/t9-/m1/s1. The molecule has 2 heterocycles. The van der Waals surface area contributed by atoms with E-state index >= 15 is 0 Å². The Bertz CT molecular complexity index is 327. The van der Waals surface area contributed by atoms with E-state index < -0.39 is 0 Å². The van der Waals surface area contributed by atoms with Gasteiger partial charge in [0.2, 0.25) is 5.88 Å². The fourth-order valence-corrected chi connectivity index (χ4v) is 1.78. The van der Waals surface area contributed by atoms with Gasteiger partial charge in [0.1, 0.15) is 5.69 Å². The van der Waals surface area contributed by atoms with Gasteiger partial charge in [-0.25, -0.2) is 4.98 Å². The Kier molecular flexibility index (Phi) is 4.07. The van der Waals surface area contributed by atoms with Crippen molar-refractivity contribution in [2.45, 2.75) is 25.6 Å². The fraction of sp³-hybridized carbons (Fsp3) is 0.636. The number of piperidine rings is 1. The van der Waals surface area contributed by atoms with Crippen LogP contribution in [-0.4, -0.2) is 36.3 Å². The Labute approximate surface area is 95.2 Å². The van der Waals surface area contributed by atoms with E-state index in [1.54, 1.807) is 19.5 Å². The predicted molar refractivity (Wildman–Crippen MR) is 59.3 cm³/mol. The zero-order chi connectivity index (χ0) is 11.2. The van der Waals surface area contributed by atoms with Crippen molar-refractivity contribution in [2.75, 3.05) is 20.2 Å². The molecule has 1 aliphatic rings. The number of nitrogens with one attached hydrogen (secondary N) is 1. The third kappa shape index (κ3) is 2.90. The summed E-state index contributed by atoms with van der Waals surface area (Å²) in [7, 11) is 1.59. The molecule has 0 saturated carbocycles. The minimum Gasteiger partial charge on any atom is -0.480 e. The first-order valence-electron chi connectivity index (χ1n) is 5.56. The molecule has 1 N–H and O–H groups in total. The summed E-state index contributed by atoms with van der Waals surface area (Å²) < 4.78 is 10.9. The van der Waals surface area contributed by atoms with Crippen molar-refractivity contribution in [3.8, 4) is 5.88 Å².